The van der Waals surface area contributed by atoms with E-state index in [-0.39, 0.29) is 4.88 Å². The Morgan fingerprint density at radius 1 is 1.50 bits per heavy atom. The Hall–Kier alpha value is -1.49. The second-order valence-corrected chi connectivity index (χ2v) is 6.74. The molecule has 5 heteroatoms. The fourth-order valence-corrected chi connectivity index (χ4v) is 3.76. The van der Waals surface area contributed by atoms with Crippen LogP contribution in [0.4, 0.5) is 4.53 Å². The van der Waals surface area contributed by atoms with Crippen molar-refractivity contribution in [2.24, 2.45) is 11.8 Å². The minimum atomic E-state index is -0.939. The zero-order chi connectivity index (χ0) is 14.3. The lowest BCUT2D eigenvalue weighted by atomic mass is 9.80. The van der Waals surface area contributed by atoms with Crippen LogP contribution in [0, 0.1) is 11.8 Å². The molecule has 1 aliphatic rings. The first-order valence-electron chi connectivity index (χ1n) is 6.83. The summed E-state index contributed by atoms with van der Waals surface area (Å²) < 4.78 is 12.0. The third-order valence-electron chi connectivity index (χ3n) is 4.13. The summed E-state index contributed by atoms with van der Waals surface area (Å²) in [5.74, 6) is 0.417. The van der Waals surface area contributed by atoms with Gasteiger partial charge in [0.05, 0.1) is 0 Å². The number of aryl methyl sites for hydroxylation is 1. The molecule has 0 bridgehead atoms. The average Bonchev–Trinajstić information content (AvgIpc) is 2.85. The molecule has 20 heavy (non-hydrogen) atoms. The van der Waals surface area contributed by atoms with Gasteiger partial charge in [0.15, 0.2) is 0 Å². The third kappa shape index (κ3) is 2.30. The van der Waals surface area contributed by atoms with Gasteiger partial charge in [0.25, 0.3) is 0 Å². The Morgan fingerprint density at radius 3 is 3.00 bits per heavy atom. The predicted molar refractivity (Wildman–Crippen MR) is 76.5 cm³/mol. The van der Waals surface area contributed by atoms with Gasteiger partial charge in [-0.25, -0.2) is 14.7 Å². The topological polar surface area (TPSA) is 39.2 Å². The van der Waals surface area contributed by atoms with Crippen molar-refractivity contribution >= 4 is 27.5 Å². The first-order valence-corrected chi connectivity index (χ1v) is 7.65. The number of halogens is 1. The summed E-state index contributed by atoms with van der Waals surface area (Å²) >= 11 is 1.18. The summed E-state index contributed by atoms with van der Waals surface area (Å²) in [5, 5.41) is 0.901. The van der Waals surface area contributed by atoms with Gasteiger partial charge < -0.3 is 0 Å². The Morgan fingerprint density at radius 2 is 2.30 bits per heavy atom. The lowest BCUT2D eigenvalue weighted by molar-refractivity contribution is -0.0783. The summed E-state index contributed by atoms with van der Waals surface area (Å²) in [4.78, 5) is 20.2. The van der Waals surface area contributed by atoms with Crippen molar-refractivity contribution in [1.29, 1.82) is 0 Å². The molecule has 1 unspecified atom stereocenters. The van der Waals surface area contributed by atoms with Crippen molar-refractivity contribution in [3.63, 3.8) is 0 Å². The van der Waals surface area contributed by atoms with Gasteiger partial charge in [-0.05, 0) is 48.8 Å². The van der Waals surface area contributed by atoms with Crippen molar-refractivity contribution in [1.82, 2.24) is 4.98 Å². The van der Waals surface area contributed by atoms with Gasteiger partial charge in [0, 0.05) is 15.6 Å². The molecule has 0 aromatic carbocycles. The molecular formula is C15H16FNO2S. The second kappa shape index (κ2) is 5.13. The summed E-state index contributed by atoms with van der Waals surface area (Å²) in [6, 6.07) is 3.76. The number of fused-ring (bicyclic) bond motifs is 2. The van der Waals surface area contributed by atoms with Crippen LogP contribution in [0.25, 0.3) is 10.2 Å². The molecule has 0 fully saturated rings. The number of rotatable bonds is 2. The lowest BCUT2D eigenvalue weighted by Gasteiger charge is -2.26. The molecule has 0 saturated heterocycles. The molecular weight excluding hydrogens is 277 g/mol. The molecule has 3 rings (SSSR count). The molecule has 0 N–H and O–H groups in total. The van der Waals surface area contributed by atoms with Crippen molar-refractivity contribution in [3.8, 4) is 0 Å². The summed E-state index contributed by atoms with van der Waals surface area (Å²) in [7, 11) is 0. The van der Waals surface area contributed by atoms with E-state index in [1.54, 1.807) is 6.07 Å². The van der Waals surface area contributed by atoms with E-state index in [2.05, 4.69) is 29.8 Å². The van der Waals surface area contributed by atoms with Gasteiger partial charge in [-0.3, -0.25) is 0 Å². The van der Waals surface area contributed by atoms with Crippen LogP contribution in [0.1, 0.15) is 41.2 Å². The van der Waals surface area contributed by atoms with E-state index in [4.69, 9.17) is 0 Å². The summed E-state index contributed by atoms with van der Waals surface area (Å²) in [6.45, 7) is 4.50. The Kier molecular flexibility index (Phi) is 3.46. The lowest BCUT2D eigenvalue weighted by Crippen LogP contribution is -2.19. The molecule has 2 aromatic heterocycles. The standard InChI is InChI=1S/C15H16FNO2S/c1-8(2)9-3-4-12-10(5-9)6-11-7-13(15(18)19-16)20-14(11)17-12/h6-9H,3-5H2,1-2H3. The highest BCUT2D eigenvalue weighted by Gasteiger charge is 2.23. The van der Waals surface area contributed by atoms with Gasteiger partial charge in [-0.2, -0.15) is 0 Å². The van der Waals surface area contributed by atoms with Crippen LogP contribution in [0.15, 0.2) is 12.1 Å². The van der Waals surface area contributed by atoms with E-state index in [0.717, 1.165) is 35.2 Å². The normalized spacial score (nSPS) is 18.3. The zero-order valence-electron chi connectivity index (χ0n) is 11.5. The van der Waals surface area contributed by atoms with Crippen LogP contribution < -0.4 is 0 Å². The molecule has 0 spiro atoms. The number of carbonyl (C=O) groups excluding carboxylic acids is 1. The van der Waals surface area contributed by atoms with Gasteiger partial charge in [0.1, 0.15) is 9.71 Å². The molecule has 1 aliphatic carbocycles. The highest BCUT2D eigenvalue weighted by Crippen LogP contribution is 2.33. The monoisotopic (exact) mass is 293 g/mol. The smallest absolute Gasteiger partial charge is 0.248 e. The van der Waals surface area contributed by atoms with Crippen LogP contribution in [0.2, 0.25) is 0 Å². The van der Waals surface area contributed by atoms with Gasteiger partial charge in [-0.1, -0.05) is 13.8 Å². The molecule has 2 aromatic rings. The number of hydrogen-bond donors (Lipinski definition) is 0. The van der Waals surface area contributed by atoms with E-state index >= 15 is 0 Å². The van der Waals surface area contributed by atoms with E-state index in [0.29, 0.717) is 11.8 Å². The summed E-state index contributed by atoms with van der Waals surface area (Å²) in [6.07, 6.45) is 3.18. The SMILES string of the molecule is CC(C)C1CCc2nc3sc(C(=O)OF)cc3cc2C1. The number of thiophene rings is 1. The van der Waals surface area contributed by atoms with Crippen LogP contribution >= 0.6 is 11.3 Å². The number of aromatic nitrogens is 1. The minimum absolute atomic E-state index is 0.262. The molecule has 1 atom stereocenters. The number of carbonyl (C=O) groups is 1. The fourth-order valence-electron chi connectivity index (χ4n) is 2.86. The van der Waals surface area contributed by atoms with Crippen molar-refractivity contribution in [3.05, 3.63) is 28.3 Å². The van der Waals surface area contributed by atoms with Gasteiger partial charge >= 0.3 is 5.97 Å². The maximum absolute atomic E-state index is 12.0. The van der Waals surface area contributed by atoms with Crippen LogP contribution in [-0.2, 0) is 17.8 Å². The van der Waals surface area contributed by atoms with Gasteiger partial charge in [0.2, 0.25) is 0 Å². The molecule has 3 nitrogen and oxygen atoms in total. The van der Waals surface area contributed by atoms with E-state index in [1.165, 1.54) is 16.9 Å². The second-order valence-electron chi connectivity index (χ2n) is 5.71. The van der Waals surface area contributed by atoms with E-state index in [1.807, 2.05) is 0 Å². The van der Waals surface area contributed by atoms with E-state index < -0.39 is 5.97 Å². The Bertz CT molecular complexity index is 665. The molecule has 0 amide bonds. The first kappa shape index (κ1) is 13.5. The number of pyridine rings is 1. The van der Waals surface area contributed by atoms with Crippen LogP contribution in [-0.4, -0.2) is 11.0 Å². The van der Waals surface area contributed by atoms with Gasteiger partial charge in [-0.15, -0.1) is 11.3 Å². The van der Waals surface area contributed by atoms with Crippen molar-refractivity contribution in [2.75, 3.05) is 0 Å². The summed E-state index contributed by atoms with van der Waals surface area (Å²) in [5.41, 5.74) is 2.39. The third-order valence-corrected chi connectivity index (χ3v) is 5.15. The highest BCUT2D eigenvalue weighted by molar-refractivity contribution is 7.20. The largest absolute Gasteiger partial charge is 0.389 e. The maximum Gasteiger partial charge on any atom is 0.389 e. The van der Waals surface area contributed by atoms with Crippen molar-refractivity contribution in [2.45, 2.75) is 33.1 Å². The Labute approximate surface area is 120 Å². The predicted octanol–water partition coefficient (Wildman–Crippen LogP) is 4.10. The average molecular weight is 293 g/mol. The molecule has 0 saturated carbocycles. The maximum atomic E-state index is 12.0. The highest BCUT2D eigenvalue weighted by atomic mass is 32.1. The Balaban J connectivity index is 2.00. The quantitative estimate of drug-likeness (QED) is 0.837. The van der Waals surface area contributed by atoms with E-state index in [9.17, 15) is 9.32 Å². The van der Waals surface area contributed by atoms with Crippen LogP contribution in [0.3, 0.4) is 0 Å². The van der Waals surface area contributed by atoms with Crippen molar-refractivity contribution < 1.29 is 14.3 Å². The molecule has 2 heterocycles. The molecule has 106 valence electrons. The van der Waals surface area contributed by atoms with Crippen LogP contribution in [0.5, 0.6) is 0 Å². The zero-order valence-corrected chi connectivity index (χ0v) is 12.3. The molecule has 0 radical (unpaired) electrons. The number of nitrogens with zero attached hydrogens (tertiary/aromatic N) is 1. The fraction of sp³-hybridized carbons (Fsp3) is 0.467. The molecule has 0 aliphatic heterocycles. The minimum Gasteiger partial charge on any atom is -0.248 e. The number of hydrogen-bond acceptors (Lipinski definition) is 4. The first-order chi connectivity index (χ1) is 9.58.